The first-order valence-electron chi connectivity index (χ1n) is 7.27. The monoisotopic (exact) mass is 379 g/mol. The number of furan rings is 1. The molecule has 12 heteroatoms. The molecule has 1 amide bonds. The predicted octanol–water partition coefficient (Wildman–Crippen LogP) is 2.21. The molecule has 27 heavy (non-hydrogen) atoms. The highest BCUT2D eigenvalue weighted by Crippen LogP contribution is 2.32. The number of carbonyl (C=O) groups excluding carboxylic acids is 2. The van der Waals surface area contributed by atoms with Crippen LogP contribution in [0.4, 0.5) is 17.3 Å². The van der Waals surface area contributed by atoms with Crippen LogP contribution in [0.15, 0.2) is 28.7 Å². The third-order valence-corrected chi connectivity index (χ3v) is 3.30. The lowest BCUT2D eigenvalue weighted by Crippen LogP contribution is -2.21. The lowest BCUT2D eigenvalue weighted by atomic mass is 10.1. The molecule has 0 saturated carbocycles. The highest BCUT2D eigenvalue weighted by atomic mass is 16.7. The van der Waals surface area contributed by atoms with Crippen LogP contribution in [-0.2, 0) is 9.53 Å². The number of nitro groups is 2. The molecular formula is C15H13N3O9. The Balaban J connectivity index is 2.02. The second kappa shape index (κ2) is 7.95. The van der Waals surface area contributed by atoms with Gasteiger partial charge in [0.15, 0.2) is 12.4 Å². The summed E-state index contributed by atoms with van der Waals surface area (Å²) < 4.78 is 14.3. The first-order valence-corrected chi connectivity index (χ1v) is 7.27. The first kappa shape index (κ1) is 19.4. The number of carbonyl (C=O) groups is 2. The van der Waals surface area contributed by atoms with Crippen LogP contribution in [0.1, 0.15) is 16.1 Å². The summed E-state index contributed by atoms with van der Waals surface area (Å²) in [5, 5.41) is 23.9. The Morgan fingerprint density at radius 3 is 2.44 bits per heavy atom. The highest BCUT2D eigenvalue weighted by molar-refractivity contribution is 5.95. The van der Waals surface area contributed by atoms with Gasteiger partial charge < -0.3 is 19.2 Å². The second-order valence-corrected chi connectivity index (χ2v) is 5.12. The van der Waals surface area contributed by atoms with E-state index < -0.39 is 40.0 Å². The summed E-state index contributed by atoms with van der Waals surface area (Å²) in [4.78, 5) is 43.6. The van der Waals surface area contributed by atoms with Crippen molar-refractivity contribution in [1.82, 2.24) is 0 Å². The van der Waals surface area contributed by atoms with E-state index in [4.69, 9.17) is 9.47 Å². The SMILES string of the molecule is COc1cc(NC(=O)COC(=O)c2ccc([N+](=O)[O-])o2)c(C)cc1[N+](=O)[O-]. The van der Waals surface area contributed by atoms with Gasteiger partial charge in [0.1, 0.15) is 4.92 Å². The van der Waals surface area contributed by atoms with Gasteiger partial charge in [0.05, 0.1) is 18.1 Å². The summed E-state index contributed by atoms with van der Waals surface area (Å²) in [6, 6.07) is 4.51. The van der Waals surface area contributed by atoms with Gasteiger partial charge in [-0.15, -0.1) is 0 Å². The number of nitrogens with zero attached hydrogens (tertiary/aromatic N) is 2. The molecule has 0 saturated heterocycles. The maximum absolute atomic E-state index is 11.9. The smallest absolute Gasteiger partial charge is 0.433 e. The van der Waals surface area contributed by atoms with E-state index in [1.165, 1.54) is 26.2 Å². The Morgan fingerprint density at radius 1 is 1.19 bits per heavy atom. The lowest BCUT2D eigenvalue weighted by molar-refractivity contribution is -0.402. The summed E-state index contributed by atoms with van der Waals surface area (Å²) in [6.45, 7) is 0.835. The van der Waals surface area contributed by atoms with Crippen LogP contribution in [-0.4, -0.2) is 35.4 Å². The molecule has 0 fully saturated rings. The van der Waals surface area contributed by atoms with E-state index in [-0.39, 0.29) is 17.1 Å². The molecule has 1 heterocycles. The number of esters is 1. The molecule has 0 aliphatic heterocycles. The standard InChI is InChI=1S/C15H13N3O9/c1-8-5-10(17(21)22)12(25-2)6-9(8)16-13(19)7-26-15(20)11-3-4-14(27-11)18(23)24/h3-6H,7H2,1-2H3,(H,16,19). The number of nitro benzene ring substituents is 1. The molecule has 0 unspecified atom stereocenters. The zero-order valence-corrected chi connectivity index (χ0v) is 14.1. The van der Waals surface area contributed by atoms with Crippen molar-refractivity contribution in [2.45, 2.75) is 6.92 Å². The zero-order chi connectivity index (χ0) is 20.1. The van der Waals surface area contributed by atoms with E-state index in [1.54, 1.807) is 0 Å². The molecule has 0 aliphatic rings. The number of aryl methyl sites for hydroxylation is 1. The maximum Gasteiger partial charge on any atom is 0.433 e. The number of nitrogens with one attached hydrogen (secondary N) is 1. The molecule has 0 spiro atoms. The minimum Gasteiger partial charge on any atom is -0.490 e. The Labute approximate surface area is 151 Å². The number of hydrogen-bond acceptors (Lipinski definition) is 9. The summed E-state index contributed by atoms with van der Waals surface area (Å²) in [7, 11) is 1.24. The number of amides is 1. The van der Waals surface area contributed by atoms with E-state index in [9.17, 15) is 29.8 Å². The van der Waals surface area contributed by atoms with E-state index in [1.807, 2.05) is 0 Å². The summed E-state index contributed by atoms with van der Waals surface area (Å²) in [5.74, 6) is -2.91. The first-order chi connectivity index (χ1) is 12.7. The second-order valence-electron chi connectivity index (χ2n) is 5.12. The van der Waals surface area contributed by atoms with E-state index >= 15 is 0 Å². The number of ether oxygens (including phenoxy) is 2. The van der Waals surface area contributed by atoms with Crippen molar-refractivity contribution >= 4 is 29.1 Å². The molecule has 2 rings (SSSR count). The Morgan fingerprint density at radius 2 is 1.89 bits per heavy atom. The van der Waals surface area contributed by atoms with Crippen molar-refractivity contribution in [1.29, 1.82) is 0 Å². The number of methoxy groups -OCH3 is 1. The van der Waals surface area contributed by atoms with Crippen molar-refractivity contribution < 1.29 is 33.3 Å². The van der Waals surface area contributed by atoms with Gasteiger partial charge in [0, 0.05) is 17.8 Å². The van der Waals surface area contributed by atoms with Crippen LogP contribution in [0, 0.1) is 27.2 Å². The minimum absolute atomic E-state index is 0.0548. The van der Waals surface area contributed by atoms with Gasteiger partial charge in [-0.1, -0.05) is 0 Å². The molecule has 12 nitrogen and oxygen atoms in total. The number of anilines is 1. The summed E-state index contributed by atoms with van der Waals surface area (Å²) in [5.41, 5.74) is 0.356. The maximum atomic E-state index is 11.9. The van der Waals surface area contributed by atoms with Gasteiger partial charge in [-0.25, -0.2) is 4.79 Å². The van der Waals surface area contributed by atoms with Crippen LogP contribution in [0.5, 0.6) is 5.75 Å². The number of benzene rings is 1. The Bertz CT molecular complexity index is 919. The molecule has 0 atom stereocenters. The van der Waals surface area contributed by atoms with Gasteiger partial charge in [-0.05, 0) is 18.6 Å². The number of hydrogen-bond donors (Lipinski definition) is 1. The third kappa shape index (κ3) is 4.56. The highest BCUT2D eigenvalue weighted by Gasteiger charge is 2.21. The summed E-state index contributed by atoms with van der Waals surface area (Å²) in [6.07, 6.45) is 0. The van der Waals surface area contributed by atoms with Gasteiger partial charge in [-0.2, -0.15) is 0 Å². The predicted molar refractivity (Wildman–Crippen MR) is 88.7 cm³/mol. The zero-order valence-electron chi connectivity index (χ0n) is 14.1. The Hall–Kier alpha value is -3.96. The molecule has 2 aromatic rings. The van der Waals surface area contributed by atoms with Crippen molar-refractivity contribution in [3.05, 3.63) is 55.8 Å². The molecule has 142 valence electrons. The van der Waals surface area contributed by atoms with Crippen LogP contribution in [0.3, 0.4) is 0 Å². The molecule has 0 bridgehead atoms. The van der Waals surface area contributed by atoms with Crippen LogP contribution >= 0.6 is 0 Å². The average Bonchev–Trinajstić information content (AvgIpc) is 3.11. The van der Waals surface area contributed by atoms with Crippen LogP contribution in [0.2, 0.25) is 0 Å². The minimum atomic E-state index is -1.06. The molecule has 1 N–H and O–H groups in total. The van der Waals surface area contributed by atoms with Gasteiger partial charge in [0.25, 0.3) is 5.91 Å². The number of rotatable bonds is 7. The van der Waals surface area contributed by atoms with Crippen molar-refractivity contribution in [3.63, 3.8) is 0 Å². The summed E-state index contributed by atoms with van der Waals surface area (Å²) >= 11 is 0. The third-order valence-electron chi connectivity index (χ3n) is 3.30. The van der Waals surface area contributed by atoms with E-state index in [0.29, 0.717) is 5.56 Å². The van der Waals surface area contributed by atoms with Crippen LogP contribution < -0.4 is 10.1 Å². The molecule has 0 radical (unpaired) electrons. The van der Waals surface area contributed by atoms with Gasteiger partial charge in [-0.3, -0.25) is 25.0 Å². The molecule has 1 aromatic carbocycles. The largest absolute Gasteiger partial charge is 0.490 e. The van der Waals surface area contributed by atoms with E-state index in [0.717, 1.165) is 12.1 Å². The van der Waals surface area contributed by atoms with Crippen molar-refractivity contribution in [2.75, 3.05) is 19.0 Å². The topological polar surface area (TPSA) is 164 Å². The molecule has 1 aromatic heterocycles. The van der Waals surface area contributed by atoms with Crippen molar-refractivity contribution in [2.24, 2.45) is 0 Å². The Kier molecular flexibility index (Phi) is 5.70. The van der Waals surface area contributed by atoms with Crippen molar-refractivity contribution in [3.8, 4) is 5.75 Å². The molecular weight excluding hydrogens is 366 g/mol. The fraction of sp³-hybridized carbons (Fsp3) is 0.200. The lowest BCUT2D eigenvalue weighted by Gasteiger charge is -2.10. The normalized spacial score (nSPS) is 10.1. The van der Waals surface area contributed by atoms with Crippen LogP contribution in [0.25, 0.3) is 0 Å². The van der Waals surface area contributed by atoms with Gasteiger partial charge in [0.2, 0.25) is 5.76 Å². The van der Waals surface area contributed by atoms with Gasteiger partial charge >= 0.3 is 17.5 Å². The molecule has 0 aliphatic carbocycles. The van der Waals surface area contributed by atoms with E-state index in [2.05, 4.69) is 9.73 Å². The fourth-order valence-corrected chi connectivity index (χ4v) is 2.04. The fourth-order valence-electron chi connectivity index (χ4n) is 2.04. The quantitative estimate of drug-likeness (QED) is 0.431. The average molecular weight is 379 g/mol.